The molecule has 31 heavy (non-hydrogen) atoms. The first-order valence-electron chi connectivity index (χ1n) is 10.6. The molecule has 2 aromatic heterocycles. The zero-order chi connectivity index (χ0) is 22.0. The minimum absolute atomic E-state index is 0.344. The van der Waals surface area contributed by atoms with Gasteiger partial charge in [-0.15, -0.1) is 11.8 Å². The summed E-state index contributed by atoms with van der Waals surface area (Å²) in [7, 11) is 1.64. The average molecular weight is 437 g/mol. The van der Waals surface area contributed by atoms with Crippen LogP contribution in [0.3, 0.4) is 0 Å². The van der Waals surface area contributed by atoms with E-state index in [4.69, 9.17) is 15.2 Å². The van der Waals surface area contributed by atoms with Gasteiger partial charge < -0.3 is 15.2 Å². The molecule has 0 bridgehead atoms. The van der Waals surface area contributed by atoms with Crippen LogP contribution in [0, 0.1) is 17.2 Å². The van der Waals surface area contributed by atoms with Crippen molar-refractivity contribution < 1.29 is 9.47 Å². The van der Waals surface area contributed by atoms with E-state index in [-0.39, 0.29) is 5.54 Å². The zero-order valence-corrected chi connectivity index (χ0v) is 19.0. The number of nitriles is 1. The van der Waals surface area contributed by atoms with Crippen LogP contribution >= 0.6 is 11.8 Å². The maximum atomic E-state index is 9.85. The Labute approximate surface area is 187 Å². The maximum absolute atomic E-state index is 9.85. The molecule has 162 valence electrons. The van der Waals surface area contributed by atoms with Gasteiger partial charge in [-0.1, -0.05) is 25.8 Å². The van der Waals surface area contributed by atoms with E-state index in [9.17, 15) is 5.26 Å². The fraction of sp³-hybridized carbons (Fsp3) is 0.417. The molecule has 0 radical (unpaired) electrons. The Hall–Kier alpha value is -2.69. The number of hydrogen-bond acceptors (Lipinski definition) is 6. The molecule has 1 aliphatic rings. The third-order valence-electron chi connectivity index (χ3n) is 6.39. The molecule has 1 aromatic carbocycles. The van der Waals surface area contributed by atoms with E-state index in [1.165, 1.54) is 11.8 Å². The smallest absolute Gasteiger partial charge is 0.199 e. The van der Waals surface area contributed by atoms with Crippen molar-refractivity contribution in [2.75, 3.05) is 20.0 Å². The molecule has 0 aliphatic heterocycles. The summed E-state index contributed by atoms with van der Waals surface area (Å²) in [4.78, 5) is 5.39. The number of imidazole rings is 1. The third kappa shape index (κ3) is 3.86. The second kappa shape index (κ2) is 8.81. The van der Waals surface area contributed by atoms with Crippen molar-refractivity contribution in [3.05, 3.63) is 42.1 Å². The number of fused-ring (bicyclic) bond motifs is 1. The Kier molecular flexibility index (Phi) is 6.12. The molecule has 0 saturated heterocycles. The summed E-state index contributed by atoms with van der Waals surface area (Å²) in [5.74, 6) is 1.71. The van der Waals surface area contributed by atoms with E-state index in [0.717, 1.165) is 47.5 Å². The number of rotatable bonds is 7. The van der Waals surface area contributed by atoms with Gasteiger partial charge in [-0.05, 0) is 49.3 Å². The van der Waals surface area contributed by atoms with Gasteiger partial charge >= 0.3 is 0 Å². The fourth-order valence-electron chi connectivity index (χ4n) is 4.67. The van der Waals surface area contributed by atoms with Gasteiger partial charge in [0.15, 0.2) is 5.88 Å². The van der Waals surface area contributed by atoms with Crippen molar-refractivity contribution >= 4 is 17.4 Å². The Morgan fingerprint density at radius 2 is 2.23 bits per heavy atom. The molecule has 3 aromatic rings. The lowest BCUT2D eigenvalue weighted by Gasteiger charge is -2.31. The van der Waals surface area contributed by atoms with E-state index in [2.05, 4.69) is 18.0 Å². The summed E-state index contributed by atoms with van der Waals surface area (Å²) in [5, 5.41) is 9.85. The summed E-state index contributed by atoms with van der Waals surface area (Å²) in [6.07, 6.45) is 8.05. The molecule has 2 atom stereocenters. The minimum atomic E-state index is -0.344. The van der Waals surface area contributed by atoms with Crippen molar-refractivity contribution in [2.45, 2.75) is 43.0 Å². The molecule has 6 nitrogen and oxygen atoms in total. The van der Waals surface area contributed by atoms with Crippen LogP contribution in [-0.2, 0) is 0 Å². The van der Waals surface area contributed by atoms with Crippen molar-refractivity contribution in [3.63, 3.8) is 0 Å². The molecule has 2 N–H and O–H groups in total. The standard InChI is InChI=1S/C24H28N4O2S/c1-4-17-7-6-10-24(17,26)15-30-20-11-16(12-21(31-3)18(20)13-25)19-14-27-22-8-5-9-23(29-2)28(19)22/h5,8-9,11-12,14,17H,4,6-7,10,15,26H2,1-3H3/t17-,24-/m0/s1. The third-order valence-corrected chi connectivity index (χ3v) is 7.16. The molecule has 0 unspecified atom stereocenters. The Bertz CT molecular complexity index is 1140. The van der Waals surface area contributed by atoms with Crippen LogP contribution in [0.4, 0.5) is 0 Å². The predicted octanol–water partition coefficient (Wildman–Crippen LogP) is 4.89. The number of thioether (sulfide) groups is 1. The highest BCUT2D eigenvalue weighted by Crippen LogP contribution is 2.39. The monoisotopic (exact) mass is 436 g/mol. The van der Waals surface area contributed by atoms with E-state index in [0.29, 0.717) is 29.7 Å². The molecule has 1 aliphatic carbocycles. The van der Waals surface area contributed by atoms with Crippen LogP contribution in [0.1, 0.15) is 38.2 Å². The number of ether oxygens (including phenoxy) is 2. The highest BCUT2D eigenvalue weighted by Gasteiger charge is 2.39. The first-order chi connectivity index (χ1) is 15.0. The molecular weight excluding hydrogens is 408 g/mol. The molecule has 2 heterocycles. The van der Waals surface area contributed by atoms with Crippen molar-refractivity contribution in [2.24, 2.45) is 11.7 Å². The summed E-state index contributed by atoms with van der Waals surface area (Å²) in [5.41, 5.74) is 9.52. The average Bonchev–Trinajstić information content (AvgIpc) is 3.40. The largest absolute Gasteiger partial charge is 0.490 e. The van der Waals surface area contributed by atoms with Gasteiger partial charge in [0, 0.05) is 10.5 Å². The normalized spacial score (nSPS) is 20.7. The van der Waals surface area contributed by atoms with E-state index in [1.54, 1.807) is 7.11 Å². The fourth-order valence-corrected chi connectivity index (χ4v) is 5.27. The van der Waals surface area contributed by atoms with Crippen LogP contribution < -0.4 is 15.2 Å². The highest BCUT2D eigenvalue weighted by molar-refractivity contribution is 7.98. The number of hydrogen-bond donors (Lipinski definition) is 1. The van der Waals surface area contributed by atoms with Gasteiger partial charge in [-0.25, -0.2) is 4.98 Å². The Balaban J connectivity index is 1.77. The van der Waals surface area contributed by atoms with Crippen LogP contribution in [0.2, 0.25) is 0 Å². The van der Waals surface area contributed by atoms with Crippen LogP contribution in [0.5, 0.6) is 11.6 Å². The molecule has 0 spiro atoms. The lowest BCUT2D eigenvalue weighted by molar-refractivity contribution is 0.175. The quantitative estimate of drug-likeness (QED) is 0.531. The molecule has 1 fully saturated rings. The minimum Gasteiger partial charge on any atom is -0.490 e. The lowest BCUT2D eigenvalue weighted by atomic mass is 9.87. The van der Waals surface area contributed by atoms with Crippen molar-refractivity contribution in [1.29, 1.82) is 5.26 Å². The molecular formula is C24H28N4O2S. The maximum Gasteiger partial charge on any atom is 0.199 e. The molecule has 7 heteroatoms. The molecule has 1 saturated carbocycles. The zero-order valence-electron chi connectivity index (χ0n) is 18.2. The lowest BCUT2D eigenvalue weighted by Crippen LogP contribution is -2.48. The second-order valence-corrected chi connectivity index (χ2v) is 8.94. The van der Waals surface area contributed by atoms with Crippen LogP contribution in [0.25, 0.3) is 16.9 Å². The number of benzene rings is 1. The van der Waals surface area contributed by atoms with Gasteiger partial charge in [-0.2, -0.15) is 5.26 Å². The number of nitrogens with zero attached hydrogens (tertiary/aromatic N) is 3. The molecule has 0 amide bonds. The Morgan fingerprint density at radius 3 is 2.94 bits per heavy atom. The number of pyridine rings is 1. The summed E-state index contributed by atoms with van der Waals surface area (Å²) in [6, 6.07) is 12.0. The van der Waals surface area contributed by atoms with Gasteiger partial charge in [0.25, 0.3) is 0 Å². The van der Waals surface area contributed by atoms with Crippen LogP contribution in [0.15, 0.2) is 41.4 Å². The second-order valence-electron chi connectivity index (χ2n) is 8.09. The van der Waals surface area contributed by atoms with Crippen molar-refractivity contribution in [1.82, 2.24) is 9.38 Å². The van der Waals surface area contributed by atoms with E-state index >= 15 is 0 Å². The number of aromatic nitrogens is 2. The van der Waals surface area contributed by atoms with Crippen LogP contribution in [-0.4, -0.2) is 34.9 Å². The van der Waals surface area contributed by atoms with Gasteiger partial charge in [0.05, 0.1) is 24.5 Å². The SMILES string of the molecule is CC[C@H]1CCC[C@]1(N)COc1cc(-c2cnc3cccc(OC)n23)cc(SC)c1C#N. The molecule has 4 rings (SSSR count). The summed E-state index contributed by atoms with van der Waals surface area (Å²) in [6.45, 7) is 2.59. The number of nitrogens with two attached hydrogens (primary N) is 1. The van der Waals surface area contributed by atoms with Crippen molar-refractivity contribution in [3.8, 4) is 29.0 Å². The van der Waals surface area contributed by atoms with E-state index in [1.807, 2.05) is 47.2 Å². The van der Waals surface area contributed by atoms with Gasteiger partial charge in [0.1, 0.15) is 29.6 Å². The number of methoxy groups -OCH3 is 1. The highest BCUT2D eigenvalue weighted by atomic mass is 32.2. The Morgan fingerprint density at radius 1 is 1.39 bits per heavy atom. The predicted molar refractivity (Wildman–Crippen MR) is 124 cm³/mol. The summed E-state index contributed by atoms with van der Waals surface area (Å²) < 4.78 is 13.8. The summed E-state index contributed by atoms with van der Waals surface area (Å²) >= 11 is 1.53. The first kappa shape index (κ1) is 21.5. The van der Waals surface area contributed by atoms with Gasteiger partial charge in [0.2, 0.25) is 0 Å². The van der Waals surface area contributed by atoms with Gasteiger partial charge in [-0.3, -0.25) is 4.40 Å². The first-order valence-corrected chi connectivity index (χ1v) is 11.8. The topological polar surface area (TPSA) is 85.6 Å². The van der Waals surface area contributed by atoms with E-state index < -0.39 is 0 Å².